The topological polar surface area (TPSA) is 80.5 Å². The summed E-state index contributed by atoms with van der Waals surface area (Å²) in [6.07, 6.45) is 4.04. The van der Waals surface area contributed by atoms with Gasteiger partial charge >= 0.3 is 0 Å². The van der Waals surface area contributed by atoms with E-state index in [0.29, 0.717) is 6.42 Å². The van der Waals surface area contributed by atoms with Gasteiger partial charge in [0.2, 0.25) is 17.7 Å². The summed E-state index contributed by atoms with van der Waals surface area (Å²) in [6.45, 7) is 0.148. The Bertz CT molecular complexity index is 345. The van der Waals surface area contributed by atoms with Crippen molar-refractivity contribution >= 4 is 17.7 Å². The summed E-state index contributed by atoms with van der Waals surface area (Å²) < 4.78 is 0. The lowest BCUT2D eigenvalue weighted by molar-refractivity contribution is -0.141. The fourth-order valence-electron chi connectivity index (χ4n) is 2.75. The first-order valence-corrected chi connectivity index (χ1v) is 5.68. The van der Waals surface area contributed by atoms with Crippen LogP contribution in [0.5, 0.6) is 0 Å². The average Bonchev–Trinajstić information content (AvgIpc) is 2.74. The van der Waals surface area contributed by atoms with Crippen LogP contribution >= 0.6 is 0 Å². The summed E-state index contributed by atoms with van der Waals surface area (Å²) in [6, 6.07) is 0. The summed E-state index contributed by atoms with van der Waals surface area (Å²) in [5.74, 6) is -0.711. The predicted molar refractivity (Wildman–Crippen MR) is 56.0 cm³/mol. The normalized spacial score (nSPS) is 23.4. The van der Waals surface area contributed by atoms with E-state index in [0.717, 1.165) is 25.7 Å². The molecule has 2 rings (SSSR count). The lowest BCUT2D eigenvalue weighted by Gasteiger charge is -2.20. The summed E-state index contributed by atoms with van der Waals surface area (Å²) in [5.41, 5.74) is 4.58. The number of amides is 3. The van der Waals surface area contributed by atoms with Crippen molar-refractivity contribution in [1.29, 1.82) is 0 Å². The molecule has 3 amide bonds. The number of imide groups is 1. The number of rotatable bonds is 3. The highest BCUT2D eigenvalue weighted by atomic mass is 16.2. The van der Waals surface area contributed by atoms with Crippen molar-refractivity contribution in [3.8, 4) is 0 Å². The van der Waals surface area contributed by atoms with E-state index in [-0.39, 0.29) is 24.8 Å². The van der Waals surface area contributed by atoms with Crippen molar-refractivity contribution in [2.24, 2.45) is 11.1 Å². The molecule has 88 valence electrons. The quantitative estimate of drug-likeness (QED) is 0.694. The van der Waals surface area contributed by atoms with Crippen LogP contribution in [-0.4, -0.2) is 29.2 Å². The number of hydrogen-bond acceptors (Lipinski definition) is 3. The van der Waals surface area contributed by atoms with Crippen LogP contribution in [0, 0.1) is 5.41 Å². The van der Waals surface area contributed by atoms with Gasteiger partial charge in [0.15, 0.2) is 0 Å². The second-order valence-corrected chi connectivity index (χ2v) is 4.73. The summed E-state index contributed by atoms with van der Waals surface area (Å²) in [4.78, 5) is 35.7. The predicted octanol–water partition coefficient (Wildman–Crippen LogP) is 0.181. The fraction of sp³-hybridized carbons (Fsp3) is 0.727. The smallest absolute Gasteiger partial charge is 0.235 e. The highest BCUT2D eigenvalue weighted by Crippen LogP contribution is 2.46. The molecule has 2 aliphatic rings. The van der Waals surface area contributed by atoms with Crippen LogP contribution in [0.25, 0.3) is 0 Å². The first kappa shape index (κ1) is 11.1. The largest absolute Gasteiger partial charge is 0.370 e. The molecule has 1 aliphatic carbocycles. The molecular formula is C11H16N2O3. The zero-order valence-corrected chi connectivity index (χ0v) is 9.20. The number of nitrogens with two attached hydrogens (primary N) is 1. The number of primary amides is 1. The van der Waals surface area contributed by atoms with Gasteiger partial charge in [-0.3, -0.25) is 19.3 Å². The summed E-state index contributed by atoms with van der Waals surface area (Å²) >= 11 is 0. The van der Waals surface area contributed by atoms with Gasteiger partial charge < -0.3 is 5.73 Å². The molecule has 0 atom stereocenters. The lowest BCUT2D eigenvalue weighted by atomic mass is 9.84. The third-order valence-corrected chi connectivity index (χ3v) is 3.63. The summed E-state index contributed by atoms with van der Waals surface area (Å²) in [7, 11) is 0. The third-order valence-electron chi connectivity index (χ3n) is 3.63. The monoisotopic (exact) mass is 224 g/mol. The highest BCUT2D eigenvalue weighted by Gasteiger charge is 2.52. The molecule has 0 aromatic heterocycles. The van der Waals surface area contributed by atoms with E-state index >= 15 is 0 Å². The van der Waals surface area contributed by atoms with E-state index in [1.165, 1.54) is 4.90 Å². The SMILES string of the molecule is NC(=O)CCN1C(=O)CC2(CCCC2)C1=O. The Labute approximate surface area is 94.0 Å². The van der Waals surface area contributed by atoms with Gasteiger partial charge in [-0.1, -0.05) is 12.8 Å². The average molecular weight is 224 g/mol. The number of carbonyl (C=O) groups excluding carboxylic acids is 3. The van der Waals surface area contributed by atoms with Crippen LogP contribution < -0.4 is 5.73 Å². The van der Waals surface area contributed by atoms with Gasteiger partial charge in [0, 0.05) is 19.4 Å². The molecule has 2 fully saturated rings. The Morgan fingerprint density at radius 2 is 1.94 bits per heavy atom. The number of nitrogens with zero attached hydrogens (tertiary/aromatic N) is 1. The second-order valence-electron chi connectivity index (χ2n) is 4.73. The van der Waals surface area contributed by atoms with Gasteiger partial charge in [0.1, 0.15) is 0 Å². The minimum Gasteiger partial charge on any atom is -0.370 e. The third kappa shape index (κ3) is 1.70. The van der Waals surface area contributed by atoms with Gasteiger partial charge in [-0.2, -0.15) is 0 Å². The Kier molecular flexibility index (Phi) is 2.69. The maximum absolute atomic E-state index is 12.1. The zero-order chi connectivity index (χ0) is 11.8. The van der Waals surface area contributed by atoms with Crippen molar-refractivity contribution in [3.05, 3.63) is 0 Å². The van der Waals surface area contributed by atoms with Crippen molar-refractivity contribution in [1.82, 2.24) is 4.90 Å². The van der Waals surface area contributed by atoms with Gasteiger partial charge in [-0.15, -0.1) is 0 Å². The molecule has 1 spiro atoms. The Morgan fingerprint density at radius 1 is 1.31 bits per heavy atom. The lowest BCUT2D eigenvalue weighted by Crippen LogP contribution is -2.36. The first-order chi connectivity index (χ1) is 7.55. The van der Waals surface area contributed by atoms with Crippen LogP contribution in [0.2, 0.25) is 0 Å². The van der Waals surface area contributed by atoms with E-state index in [1.54, 1.807) is 0 Å². The number of likely N-dealkylation sites (tertiary alicyclic amines) is 1. The van der Waals surface area contributed by atoms with Crippen molar-refractivity contribution in [2.45, 2.75) is 38.5 Å². The van der Waals surface area contributed by atoms with E-state index in [9.17, 15) is 14.4 Å². The molecule has 0 radical (unpaired) electrons. The minimum atomic E-state index is -0.479. The molecule has 5 heteroatoms. The molecule has 2 N–H and O–H groups in total. The molecule has 0 bridgehead atoms. The molecule has 1 saturated heterocycles. The molecule has 0 unspecified atom stereocenters. The van der Waals surface area contributed by atoms with Gasteiger partial charge in [-0.05, 0) is 12.8 Å². The molecule has 5 nitrogen and oxygen atoms in total. The van der Waals surface area contributed by atoms with Gasteiger partial charge in [0.05, 0.1) is 5.41 Å². The van der Waals surface area contributed by atoms with Crippen molar-refractivity contribution < 1.29 is 14.4 Å². The zero-order valence-electron chi connectivity index (χ0n) is 9.20. The summed E-state index contributed by atoms with van der Waals surface area (Å²) in [5, 5.41) is 0. The number of hydrogen-bond donors (Lipinski definition) is 1. The van der Waals surface area contributed by atoms with Crippen LogP contribution in [0.1, 0.15) is 38.5 Å². The molecule has 1 heterocycles. The van der Waals surface area contributed by atoms with E-state index in [1.807, 2.05) is 0 Å². The molecule has 0 aromatic carbocycles. The molecular weight excluding hydrogens is 208 g/mol. The van der Waals surface area contributed by atoms with Crippen molar-refractivity contribution in [2.75, 3.05) is 6.54 Å². The fourth-order valence-corrected chi connectivity index (χ4v) is 2.75. The van der Waals surface area contributed by atoms with Gasteiger partial charge in [-0.25, -0.2) is 0 Å². The maximum atomic E-state index is 12.1. The van der Waals surface area contributed by atoms with Crippen LogP contribution in [0.4, 0.5) is 0 Å². The highest BCUT2D eigenvalue weighted by molar-refractivity contribution is 6.06. The van der Waals surface area contributed by atoms with E-state index in [4.69, 9.17) is 5.73 Å². The van der Waals surface area contributed by atoms with E-state index < -0.39 is 11.3 Å². The van der Waals surface area contributed by atoms with Gasteiger partial charge in [0.25, 0.3) is 0 Å². The van der Waals surface area contributed by atoms with Crippen molar-refractivity contribution in [3.63, 3.8) is 0 Å². The van der Waals surface area contributed by atoms with Crippen LogP contribution in [0.3, 0.4) is 0 Å². The molecule has 1 aliphatic heterocycles. The standard InChI is InChI=1S/C11H16N2O3/c12-8(14)3-6-13-9(15)7-11(10(13)16)4-1-2-5-11/h1-7H2,(H2,12,14). The molecule has 0 aromatic rings. The molecule has 1 saturated carbocycles. The van der Waals surface area contributed by atoms with Crippen LogP contribution in [-0.2, 0) is 14.4 Å². The van der Waals surface area contributed by atoms with E-state index in [2.05, 4.69) is 0 Å². The maximum Gasteiger partial charge on any atom is 0.235 e. The first-order valence-electron chi connectivity index (χ1n) is 5.68. The Hall–Kier alpha value is -1.39. The van der Waals surface area contributed by atoms with Crippen LogP contribution in [0.15, 0.2) is 0 Å². The Morgan fingerprint density at radius 3 is 2.50 bits per heavy atom. The number of carbonyl (C=O) groups is 3. The molecule has 16 heavy (non-hydrogen) atoms. The second kappa shape index (κ2) is 3.88. The Balaban J connectivity index is 2.07. The minimum absolute atomic E-state index is 0.0631.